The number of H-pyrrole nitrogens is 1. The molecule has 0 unspecified atom stereocenters. The third-order valence-corrected chi connectivity index (χ3v) is 9.61. The first-order valence-corrected chi connectivity index (χ1v) is 15.2. The largest absolute Gasteiger partial charge is 0.493 e. The van der Waals surface area contributed by atoms with E-state index in [2.05, 4.69) is 63.9 Å². The first-order chi connectivity index (χ1) is 19.1. The number of aromatic amines is 1. The number of hydrogen-bond acceptors (Lipinski definition) is 5. The van der Waals surface area contributed by atoms with Crippen molar-refractivity contribution in [3.05, 3.63) is 42.0 Å². The first kappa shape index (κ1) is 26.5. The summed E-state index contributed by atoms with van der Waals surface area (Å²) in [5.74, 6) is 1.91. The number of nitrogens with one attached hydrogen (secondary N) is 1. The van der Waals surface area contributed by atoms with Gasteiger partial charge in [0.2, 0.25) is 0 Å². The van der Waals surface area contributed by atoms with Crippen molar-refractivity contribution in [2.24, 2.45) is 0 Å². The monoisotopic (exact) mass is 530 g/mol. The molecule has 1 aromatic heterocycles. The Balaban J connectivity index is 1.16. The highest BCUT2D eigenvalue weighted by atomic mass is 16.5. The minimum Gasteiger partial charge on any atom is -0.493 e. The van der Waals surface area contributed by atoms with E-state index in [0.29, 0.717) is 5.92 Å². The van der Waals surface area contributed by atoms with E-state index in [0.717, 1.165) is 42.2 Å². The molecular formula is C33H46N4O2. The lowest BCUT2D eigenvalue weighted by molar-refractivity contribution is 0.0623. The van der Waals surface area contributed by atoms with E-state index in [-0.39, 0.29) is 0 Å². The second-order valence-corrected chi connectivity index (χ2v) is 12.1. The van der Waals surface area contributed by atoms with Crippen LogP contribution in [0, 0.1) is 0 Å². The zero-order valence-electron chi connectivity index (χ0n) is 24.3. The number of hydrogen-bond donors (Lipinski definition) is 1. The van der Waals surface area contributed by atoms with Gasteiger partial charge in [-0.2, -0.15) is 0 Å². The van der Waals surface area contributed by atoms with Crippen LogP contribution in [0.1, 0.15) is 63.9 Å². The zero-order chi connectivity index (χ0) is 26.9. The minimum absolute atomic E-state index is 0.394. The molecule has 3 aromatic rings. The van der Waals surface area contributed by atoms with Gasteiger partial charge < -0.3 is 19.4 Å². The molecule has 0 radical (unpaired) electrons. The van der Waals surface area contributed by atoms with E-state index in [1.54, 1.807) is 14.2 Å². The van der Waals surface area contributed by atoms with E-state index < -0.39 is 0 Å². The Kier molecular flexibility index (Phi) is 7.77. The van der Waals surface area contributed by atoms with Crippen LogP contribution >= 0.6 is 0 Å². The Hall–Kier alpha value is -2.70. The summed E-state index contributed by atoms with van der Waals surface area (Å²) in [6, 6.07) is 14.8. The number of anilines is 1. The number of aromatic nitrogens is 1. The van der Waals surface area contributed by atoms with Crippen LogP contribution in [0.5, 0.6) is 11.5 Å². The van der Waals surface area contributed by atoms with Crippen molar-refractivity contribution in [3.63, 3.8) is 0 Å². The van der Waals surface area contributed by atoms with Gasteiger partial charge in [-0.05, 0) is 73.6 Å². The molecule has 2 aliphatic heterocycles. The van der Waals surface area contributed by atoms with E-state index in [9.17, 15) is 0 Å². The van der Waals surface area contributed by atoms with Crippen molar-refractivity contribution >= 4 is 16.6 Å². The minimum atomic E-state index is 0.394. The summed E-state index contributed by atoms with van der Waals surface area (Å²) in [6.45, 7) is 11.9. The molecule has 0 atom stereocenters. The van der Waals surface area contributed by atoms with Gasteiger partial charge in [0.1, 0.15) is 0 Å². The fraction of sp³-hybridized carbons (Fsp3) is 0.576. The number of ether oxygens (including phenoxy) is 2. The summed E-state index contributed by atoms with van der Waals surface area (Å²) in [5.41, 5.74) is 6.22. The van der Waals surface area contributed by atoms with Gasteiger partial charge in [-0.1, -0.05) is 26.7 Å². The number of piperazine rings is 1. The molecule has 6 nitrogen and oxygen atoms in total. The molecule has 3 fully saturated rings. The number of piperidine rings is 1. The maximum atomic E-state index is 5.60. The molecule has 39 heavy (non-hydrogen) atoms. The topological polar surface area (TPSA) is 44.0 Å². The number of fused-ring (bicyclic) bond motifs is 1. The van der Waals surface area contributed by atoms with E-state index >= 15 is 0 Å². The SMILES string of the molecule is COc1ccc(-c2[nH]c3ccc(N4CCC(N5CCN(C6CCCC6)CC5)CC4)cc3c2C(C)C)cc1OC. The molecule has 2 aromatic carbocycles. The number of benzene rings is 2. The standard InChI is InChI=1S/C33H46N4O2/c1-23(2)32-28-22-27(10-11-29(28)34-33(32)24-9-12-30(38-3)31(21-24)39-4)35-15-13-26(14-16-35)37-19-17-36(18-20-37)25-7-5-6-8-25/h9-12,21-23,25-26,34H,5-8,13-20H2,1-4H3. The zero-order valence-corrected chi connectivity index (χ0v) is 24.3. The molecule has 1 aliphatic carbocycles. The van der Waals surface area contributed by atoms with E-state index in [4.69, 9.17) is 9.47 Å². The Morgan fingerprint density at radius 1 is 0.744 bits per heavy atom. The summed E-state index contributed by atoms with van der Waals surface area (Å²) < 4.78 is 11.1. The Morgan fingerprint density at radius 2 is 1.38 bits per heavy atom. The van der Waals surface area contributed by atoms with Crippen molar-refractivity contribution in [1.82, 2.24) is 14.8 Å². The lowest BCUT2D eigenvalue weighted by Gasteiger charge is -2.44. The van der Waals surface area contributed by atoms with Gasteiger partial charge in [0.05, 0.1) is 19.9 Å². The average Bonchev–Trinajstić information content (AvgIpc) is 3.65. The van der Waals surface area contributed by atoms with Crippen molar-refractivity contribution < 1.29 is 9.47 Å². The van der Waals surface area contributed by atoms with Crippen LogP contribution in [0.25, 0.3) is 22.2 Å². The number of methoxy groups -OCH3 is 2. The third kappa shape index (κ3) is 5.26. The fourth-order valence-electron chi connectivity index (χ4n) is 7.44. The molecule has 0 bridgehead atoms. The molecule has 6 heteroatoms. The summed E-state index contributed by atoms with van der Waals surface area (Å²) in [4.78, 5) is 11.9. The quantitative estimate of drug-likeness (QED) is 0.378. The summed E-state index contributed by atoms with van der Waals surface area (Å²) in [7, 11) is 3.38. The van der Waals surface area contributed by atoms with Crippen LogP contribution in [0.3, 0.4) is 0 Å². The Morgan fingerprint density at radius 3 is 2.00 bits per heavy atom. The van der Waals surface area contributed by atoms with Crippen molar-refractivity contribution in [2.75, 3.05) is 58.4 Å². The van der Waals surface area contributed by atoms with Crippen molar-refractivity contribution in [1.29, 1.82) is 0 Å². The van der Waals surface area contributed by atoms with Gasteiger partial charge in [0.15, 0.2) is 11.5 Å². The Labute approximate surface area is 234 Å². The fourth-order valence-corrected chi connectivity index (χ4v) is 7.44. The third-order valence-electron chi connectivity index (χ3n) is 9.61. The predicted molar refractivity (Wildman–Crippen MR) is 162 cm³/mol. The van der Waals surface area contributed by atoms with Gasteiger partial charge in [-0.15, -0.1) is 0 Å². The van der Waals surface area contributed by atoms with Gasteiger partial charge in [-0.3, -0.25) is 9.80 Å². The average molecular weight is 531 g/mol. The van der Waals surface area contributed by atoms with Gasteiger partial charge in [-0.25, -0.2) is 0 Å². The number of nitrogens with zero attached hydrogens (tertiary/aromatic N) is 3. The van der Waals surface area contributed by atoms with Gasteiger partial charge in [0, 0.05) is 73.5 Å². The molecule has 210 valence electrons. The highest BCUT2D eigenvalue weighted by Crippen LogP contribution is 2.40. The lowest BCUT2D eigenvalue weighted by atomic mass is 9.95. The smallest absolute Gasteiger partial charge is 0.161 e. The molecule has 1 N–H and O–H groups in total. The second-order valence-electron chi connectivity index (χ2n) is 12.1. The van der Waals surface area contributed by atoms with E-state index in [1.165, 1.54) is 92.6 Å². The molecule has 1 saturated carbocycles. The maximum Gasteiger partial charge on any atom is 0.161 e. The molecule has 2 saturated heterocycles. The molecule has 3 heterocycles. The number of rotatable bonds is 7. The second kappa shape index (κ2) is 11.4. The van der Waals surface area contributed by atoms with Crippen LogP contribution in [0.2, 0.25) is 0 Å². The van der Waals surface area contributed by atoms with Crippen LogP contribution in [-0.4, -0.2) is 80.4 Å². The van der Waals surface area contributed by atoms with E-state index in [1.807, 2.05) is 6.07 Å². The predicted octanol–water partition coefficient (Wildman–Crippen LogP) is 6.50. The highest BCUT2D eigenvalue weighted by Gasteiger charge is 2.31. The van der Waals surface area contributed by atoms with Crippen LogP contribution in [0.15, 0.2) is 36.4 Å². The molecule has 3 aliphatic rings. The molecule has 0 spiro atoms. The van der Waals surface area contributed by atoms with Crippen molar-refractivity contribution in [2.45, 2.75) is 70.4 Å². The van der Waals surface area contributed by atoms with Gasteiger partial charge in [0.25, 0.3) is 0 Å². The van der Waals surface area contributed by atoms with Crippen molar-refractivity contribution in [3.8, 4) is 22.8 Å². The van der Waals surface area contributed by atoms with Crippen LogP contribution in [0.4, 0.5) is 5.69 Å². The lowest BCUT2D eigenvalue weighted by Crippen LogP contribution is -2.54. The van der Waals surface area contributed by atoms with Crippen LogP contribution in [-0.2, 0) is 0 Å². The summed E-state index contributed by atoms with van der Waals surface area (Å²) in [6.07, 6.45) is 8.27. The normalized spacial score (nSPS) is 20.4. The highest BCUT2D eigenvalue weighted by molar-refractivity contribution is 5.93. The maximum absolute atomic E-state index is 5.60. The molecule has 6 rings (SSSR count). The van der Waals surface area contributed by atoms with Gasteiger partial charge >= 0.3 is 0 Å². The Bertz CT molecular complexity index is 1260. The summed E-state index contributed by atoms with van der Waals surface area (Å²) >= 11 is 0. The summed E-state index contributed by atoms with van der Waals surface area (Å²) in [5, 5.41) is 1.33. The first-order valence-electron chi connectivity index (χ1n) is 15.2. The molecule has 0 amide bonds. The molecular weight excluding hydrogens is 484 g/mol. The van der Waals surface area contributed by atoms with Crippen LogP contribution < -0.4 is 14.4 Å².